The Morgan fingerprint density at radius 1 is 1.54 bits per heavy atom. The Kier molecular flexibility index (Phi) is 2.93. The molecule has 1 aliphatic rings. The van der Waals surface area contributed by atoms with E-state index in [1.54, 1.807) is 18.9 Å². The van der Waals surface area contributed by atoms with Gasteiger partial charge in [0.05, 0.1) is 12.1 Å². The van der Waals surface area contributed by atoms with E-state index in [0.29, 0.717) is 13.0 Å². The molecule has 0 spiro atoms. The summed E-state index contributed by atoms with van der Waals surface area (Å²) >= 11 is 0. The van der Waals surface area contributed by atoms with Gasteiger partial charge in [-0.25, -0.2) is 5.01 Å². The predicted molar refractivity (Wildman–Crippen MR) is 49.9 cm³/mol. The van der Waals surface area contributed by atoms with Crippen molar-refractivity contribution < 1.29 is 9.90 Å². The van der Waals surface area contributed by atoms with Crippen molar-refractivity contribution >= 4 is 5.91 Å². The zero-order valence-electron chi connectivity index (χ0n) is 8.58. The predicted octanol–water partition coefficient (Wildman–Crippen LogP) is 0.226. The molecule has 0 bridgehead atoms. The molecule has 0 aromatic heterocycles. The number of hydrogen-bond acceptors (Lipinski definition) is 3. The third-order valence-electron chi connectivity index (χ3n) is 2.11. The molecule has 0 aromatic carbocycles. The highest BCUT2D eigenvalue weighted by molar-refractivity contribution is 5.77. The lowest BCUT2D eigenvalue weighted by molar-refractivity contribution is -0.143. The number of amides is 1. The van der Waals surface area contributed by atoms with Gasteiger partial charge in [0.2, 0.25) is 5.91 Å². The first-order chi connectivity index (χ1) is 5.94. The van der Waals surface area contributed by atoms with Gasteiger partial charge in [-0.05, 0) is 13.8 Å². The monoisotopic (exact) mass is 186 g/mol. The van der Waals surface area contributed by atoms with E-state index in [-0.39, 0.29) is 5.91 Å². The third kappa shape index (κ3) is 2.67. The Balaban J connectivity index is 2.60. The van der Waals surface area contributed by atoms with Crippen molar-refractivity contribution in [2.75, 3.05) is 19.6 Å². The van der Waals surface area contributed by atoms with E-state index < -0.39 is 5.60 Å². The van der Waals surface area contributed by atoms with Crippen molar-refractivity contribution in [1.29, 1.82) is 0 Å². The normalized spacial score (nSPS) is 20.0. The molecule has 1 aliphatic heterocycles. The van der Waals surface area contributed by atoms with Crippen LogP contribution < -0.4 is 0 Å². The minimum absolute atomic E-state index is 0.115. The van der Waals surface area contributed by atoms with Gasteiger partial charge in [0, 0.05) is 19.5 Å². The summed E-state index contributed by atoms with van der Waals surface area (Å²) < 4.78 is 0. The van der Waals surface area contributed by atoms with Crippen LogP contribution >= 0.6 is 0 Å². The molecule has 0 aliphatic carbocycles. The second kappa shape index (κ2) is 3.64. The van der Waals surface area contributed by atoms with Crippen LogP contribution in [0.1, 0.15) is 27.2 Å². The quantitative estimate of drug-likeness (QED) is 0.686. The van der Waals surface area contributed by atoms with Crippen LogP contribution in [0.15, 0.2) is 0 Å². The molecule has 13 heavy (non-hydrogen) atoms. The van der Waals surface area contributed by atoms with Gasteiger partial charge in [-0.15, -0.1) is 0 Å². The first kappa shape index (κ1) is 10.5. The van der Waals surface area contributed by atoms with Gasteiger partial charge < -0.3 is 5.11 Å². The summed E-state index contributed by atoms with van der Waals surface area (Å²) in [4.78, 5) is 11.4. The maximum Gasteiger partial charge on any atom is 0.238 e. The lowest BCUT2D eigenvalue weighted by Gasteiger charge is -2.31. The Morgan fingerprint density at radius 2 is 2.15 bits per heavy atom. The van der Waals surface area contributed by atoms with Gasteiger partial charge in [-0.2, -0.15) is 0 Å². The molecule has 1 heterocycles. The molecule has 4 heteroatoms. The smallest absolute Gasteiger partial charge is 0.238 e. The van der Waals surface area contributed by atoms with E-state index in [9.17, 15) is 9.90 Å². The van der Waals surface area contributed by atoms with Crippen molar-refractivity contribution in [3.05, 3.63) is 0 Å². The molecule has 0 saturated carbocycles. The van der Waals surface area contributed by atoms with E-state index in [0.717, 1.165) is 13.1 Å². The van der Waals surface area contributed by atoms with Gasteiger partial charge in [-0.3, -0.25) is 9.80 Å². The number of hydrazine groups is 1. The summed E-state index contributed by atoms with van der Waals surface area (Å²) in [6.07, 6.45) is 0.573. The summed E-state index contributed by atoms with van der Waals surface area (Å²) in [5.74, 6) is 0.115. The van der Waals surface area contributed by atoms with E-state index in [1.165, 1.54) is 0 Å². The molecule has 0 radical (unpaired) electrons. The number of nitrogens with zero attached hydrogens (tertiary/aromatic N) is 2. The Bertz CT molecular complexity index is 198. The minimum atomic E-state index is -0.812. The largest absolute Gasteiger partial charge is 0.389 e. The summed E-state index contributed by atoms with van der Waals surface area (Å²) in [6, 6.07) is 0. The zero-order valence-corrected chi connectivity index (χ0v) is 8.58. The molecule has 1 rings (SSSR count). The second-order valence-corrected chi connectivity index (χ2v) is 4.06. The summed E-state index contributed by atoms with van der Waals surface area (Å²) in [5.41, 5.74) is -0.812. The SMILES string of the molecule is CCN1CCC(=O)N1CC(C)(C)O. The lowest BCUT2D eigenvalue weighted by atomic mass is 10.1. The highest BCUT2D eigenvalue weighted by Crippen LogP contribution is 2.15. The van der Waals surface area contributed by atoms with E-state index in [1.807, 2.05) is 11.9 Å². The maximum atomic E-state index is 11.4. The Labute approximate surface area is 79.1 Å². The maximum absolute atomic E-state index is 11.4. The highest BCUT2D eigenvalue weighted by atomic mass is 16.3. The number of β-amino-alcohol motifs (C(OH)–C–C–N with tert-alkyl or cyclic N) is 1. The molecule has 1 saturated heterocycles. The first-order valence-electron chi connectivity index (χ1n) is 4.71. The first-order valence-corrected chi connectivity index (χ1v) is 4.71. The average Bonchev–Trinajstić information content (AvgIpc) is 2.30. The number of aliphatic hydroxyl groups is 1. The Morgan fingerprint density at radius 3 is 2.62 bits per heavy atom. The fourth-order valence-corrected chi connectivity index (χ4v) is 1.52. The molecule has 1 amide bonds. The molecular weight excluding hydrogens is 168 g/mol. The third-order valence-corrected chi connectivity index (χ3v) is 2.11. The zero-order chi connectivity index (χ0) is 10.1. The number of carbonyl (C=O) groups excluding carboxylic acids is 1. The van der Waals surface area contributed by atoms with Gasteiger partial charge in [0.15, 0.2) is 0 Å². The fraction of sp³-hybridized carbons (Fsp3) is 0.889. The fourth-order valence-electron chi connectivity index (χ4n) is 1.52. The number of hydrogen-bond donors (Lipinski definition) is 1. The van der Waals surface area contributed by atoms with Crippen molar-refractivity contribution in [3.8, 4) is 0 Å². The molecule has 0 aromatic rings. The van der Waals surface area contributed by atoms with Gasteiger partial charge in [-0.1, -0.05) is 6.92 Å². The molecule has 4 nitrogen and oxygen atoms in total. The van der Waals surface area contributed by atoms with Crippen LogP contribution in [0.3, 0.4) is 0 Å². The molecule has 76 valence electrons. The van der Waals surface area contributed by atoms with E-state index in [4.69, 9.17) is 0 Å². The van der Waals surface area contributed by atoms with Crippen molar-refractivity contribution in [2.24, 2.45) is 0 Å². The van der Waals surface area contributed by atoms with Crippen LogP contribution in [0.5, 0.6) is 0 Å². The summed E-state index contributed by atoms with van der Waals surface area (Å²) in [7, 11) is 0. The standard InChI is InChI=1S/C9H18N2O2/c1-4-10-6-5-8(12)11(10)7-9(2,3)13/h13H,4-7H2,1-3H3. The van der Waals surface area contributed by atoms with E-state index in [2.05, 4.69) is 0 Å². The second-order valence-electron chi connectivity index (χ2n) is 4.06. The molecule has 0 unspecified atom stereocenters. The summed E-state index contributed by atoms with van der Waals surface area (Å²) in [5, 5.41) is 13.2. The molecule has 1 fully saturated rings. The lowest BCUT2D eigenvalue weighted by Crippen LogP contribution is -2.46. The van der Waals surface area contributed by atoms with Crippen LogP contribution in [0.25, 0.3) is 0 Å². The van der Waals surface area contributed by atoms with Gasteiger partial charge in [0.1, 0.15) is 0 Å². The van der Waals surface area contributed by atoms with Crippen molar-refractivity contribution in [2.45, 2.75) is 32.8 Å². The number of carbonyl (C=O) groups is 1. The van der Waals surface area contributed by atoms with Crippen LogP contribution in [0.4, 0.5) is 0 Å². The van der Waals surface area contributed by atoms with Crippen LogP contribution in [-0.2, 0) is 4.79 Å². The van der Waals surface area contributed by atoms with Crippen LogP contribution in [0, 0.1) is 0 Å². The topological polar surface area (TPSA) is 43.8 Å². The summed E-state index contributed by atoms with van der Waals surface area (Å²) in [6.45, 7) is 7.43. The van der Waals surface area contributed by atoms with Crippen molar-refractivity contribution in [1.82, 2.24) is 10.0 Å². The molecule has 0 atom stereocenters. The van der Waals surface area contributed by atoms with Crippen LogP contribution in [0.2, 0.25) is 0 Å². The Hall–Kier alpha value is -0.610. The highest BCUT2D eigenvalue weighted by Gasteiger charge is 2.31. The number of rotatable bonds is 3. The van der Waals surface area contributed by atoms with Gasteiger partial charge >= 0.3 is 0 Å². The molecular formula is C9H18N2O2. The van der Waals surface area contributed by atoms with Crippen LogP contribution in [-0.4, -0.2) is 46.3 Å². The van der Waals surface area contributed by atoms with E-state index >= 15 is 0 Å². The minimum Gasteiger partial charge on any atom is -0.389 e. The van der Waals surface area contributed by atoms with Crippen molar-refractivity contribution in [3.63, 3.8) is 0 Å². The van der Waals surface area contributed by atoms with Gasteiger partial charge in [0.25, 0.3) is 0 Å². The molecule has 1 N–H and O–H groups in total. The average molecular weight is 186 g/mol.